The molecule has 2 N–H and O–H groups in total. The van der Waals surface area contributed by atoms with Gasteiger partial charge in [-0.3, -0.25) is 0 Å². The molecule has 0 saturated heterocycles. The number of hydrogen-bond acceptors (Lipinski definition) is 2. The Hall–Kier alpha value is -2.10. The smallest absolute Gasteiger partial charge is 0.114 e. The van der Waals surface area contributed by atoms with E-state index >= 15 is 0 Å². The van der Waals surface area contributed by atoms with Crippen molar-refractivity contribution in [1.29, 1.82) is 0 Å². The summed E-state index contributed by atoms with van der Waals surface area (Å²) in [6.45, 7) is 0. The summed E-state index contributed by atoms with van der Waals surface area (Å²) in [7, 11) is 0. The minimum Gasteiger partial charge on any atom is -0.380 e. The van der Waals surface area contributed by atoms with Crippen molar-refractivity contribution in [2.75, 3.05) is 0 Å². The highest BCUT2D eigenvalue weighted by Gasteiger charge is 1.98. The molecule has 0 rings (SSSR count). The van der Waals surface area contributed by atoms with E-state index in [2.05, 4.69) is 47.7 Å². The van der Waals surface area contributed by atoms with E-state index in [9.17, 15) is 10.2 Å². The number of hydrogen-bond donors (Lipinski definition) is 2. The van der Waals surface area contributed by atoms with Crippen molar-refractivity contribution in [2.45, 2.75) is 128 Å². The molecule has 0 radical (unpaired) electrons. The zero-order valence-corrected chi connectivity index (χ0v) is 20.1. The van der Waals surface area contributed by atoms with Crippen molar-refractivity contribution < 1.29 is 10.2 Å². The van der Waals surface area contributed by atoms with Gasteiger partial charge in [-0.05, 0) is 38.5 Å². The molecular formula is C30H44O2. The van der Waals surface area contributed by atoms with Gasteiger partial charge in [-0.15, -0.1) is 24.7 Å². The summed E-state index contributed by atoms with van der Waals surface area (Å²) < 4.78 is 0. The maximum atomic E-state index is 9.27. The van der Waals surface area contributed by atoms with Gasteiger partial charge in [-0.25, -0.2) is 0 Å². The van der Waals surface area contributed by atoms with E-state index < -0.39 is 12.2 Å². The van der Waals surface area contributed by atoms with E-state index in [1.54, 1.807) is 0 Å². The molecule has 0 aromatic carbocycles. The fourth-order valence-electron chi connectivity index (χ4n) is 3.29. The van der Waals surface area contributed by atoms with Crippen LogP contribution in [0.1, 0.15) is 116 Å². The van der Waals surface area contributed by atoms with Crippen molar-refractivity contribution >= 4 is 0 Å². The molecule has 0 bridgehead atoms. The zero-order chi connectivity index (χ0) is 23.5. The van der Waals surface area contributed by atoms with E-state index in [1.807, 2.05) is 0 Å². The highest BCUT2D eigenvalue weighted by atomic mass is 16.3. The summed E-state index contributed by atoms with van der Waals surface area (Å²) in [5.41, 5.74) is 0. The van der Waals surface area contributed by atoms with Crippen LogP contribution >= 0.6 is 0 Å². The zero-order valence-electron chi connectivity index (χ0n) is 20.1. The Bertz CT molecular complexity index is 595. The van der Waals surface area contributed by atoms with E-state index in [-0.39, 0.29) is 0 Å². The maximum Gasteiger partial charge on any atom is 0.114 e. The van der Waals surface area contributed by atoms with Crippen LogP contribution in [0.2, 0.25) is 0 Å². The van der Waals surface area contributed by atoms with Gasteiger partial charge in [0.2, 0.25) is 0 Å². The fourth-order valence-corrected chi connectivity index (χ4v) is 3.29. The molecule has 2 atom stereocenters. The Balaban J connectivity index is 3.37. The first-order chi connectivity index (χ1) is 15.7. The lowest BCUT2D eigenvalue weighted by Crippen LogP contribution is -2.01. The number of unbranched alkanes of at least 4 members (excludes halogenated alkanes) is 12. The van der Waals surface area contributed by atoms with Crippen LogP contribution in [-0.2, 0) is 0 Å². The van der Waals surface area contributed by atoms with Crippen molar-refractivity contribution in [3.8, 4) is 48.4 Å². The molecular weight excluding hydrogens is 392 g/mol. The number of aliphatic hydroxyl groups excluding tert-OH is 2. The van der Waals surface area contributed by atoms with Gasteiger partial charge in [-0.1, -0.05) is 87.2 Å². The second kappa shape index (κ2) is 25.2. The Kier molecular flexibility index (Phi) is 23.5. The Morgan fingerprint density at radius 3 is 1.22 bits per heavy atom. The molecule has 0 unspecified atom stereocenters. The quantitative estimate of drug-likeness (QED) is 0.145. The minimum atomic E-state index is -0.565. The Labute approximate surface area is 198 Å². The van der Waals surface area contributed by atoms with Crippen LogP contribution in [0.4, 0.5) is 0 Å². The molecule has 0 aromatic heterocycles. The highest BCUT2D eigenvalue weighted by molar-refractivity contribution is 5.08. The summed E-state index contributed by atoms with van der Waals surface area (Å²) in [4.78, 5) is 0. The molecule has 0 spiro atoms. The van der Waals surface area contributed by atoms with Crippen molar-refractivity contribution in [1.82, 2.24) is 0 Å². The standard InChI is InChI=1S/C30H44O2/c1-3-29(31)27-25-23-21-19-17-15-13-11-9-7-5-6-8-10-12-14-16-18-20-22-24-26-28-30(32)4-2/h1-2,5-6,29-32H,7-8,13-28H2/b6-5-/t29-,30-/m0/s1. The van der Waals surface area contributed by atoms with Crippen molar-refractivity contribution in [2.24, 2.45) is 0 Å². The van der Waals surface area contributed by atoms with E-state index in [1.165, 1.54) is 51.4 Å². The lowest BCUT2D eigenvalue weighted by molar-refractivity contribution is 0.217. The third kappa shape index (κ3) is 24.2. The van der Waals surface area contributed by atoms with Crippen molar-refractivity contribution in [3.05, 3.63) is 12.2 Å². The van der Waals surface area contributed by atoms with Crippen LogP contribution in [0.3, 0.4) is 0 Å². The number of rotatable bonds is 18. The molecule has 0 amide bonds. The van der Waals surface area contributed by atoms with Crippen LogP contribution in [0.15, 0.2) is 12.2 Å². The largest absolute Gasteiger partial charge is 0.380 e. The van der Waals surface area contributed by atoms with Gasteiger partial charge < -0.3 is 10.2 Å². The maximum absolute atomic E-state index is 9.27. The van der Waals surface area contributed by atoms with Crippen LogP contribution in [0, 0.1) is 48.4 Å². The van der Waals surface area contributed by atoms with Gasteiger partial charge in [-0.2, -0.15) is 0 Å². The second-order valence-corrected chi connectivity index (χ2v) is 8.27. The molecule has 2 nitrogen and oxygen atoms in total. The van der Waals surface area contributed by atoms with E-state index in [4.69, 9.17) is 12.8 Å². The summed E-state index contributed by atoms with van der Waals surface area (Å²) in [5, 5.41) is 18.5. The first-order valence-electron chi connectivity index (χ1n) is 12.6. The van der Waals surface area contributed by atoms with Crippen LogP contribution < -0.4 is 0 Å². The Morgan fingerprint density at radius 2 is 0.844 bits per heavy atom. The van der Waals surface area contributed by atoms with Gasteiger partial charge in [0, 0.05) is 25.7 Å². The van der Waals surface area contributed by atoms with Crippen molar-refractivity contribution in [3.63, 3.8) is 0 Å². The third-order valence-electron chi connectivity index (χ3n) is 5.30. The molecule has 0 aliphatic carbocycles. The van der Waals surface area contributed by atoms with E-state index in [0.29, 0.717) is 0 Å². The molecule has 0 aromatic rings. The monoisotopic (exact) mass is 436 g/mol. The summed E-state index contributed by atoms with van der Waals surface area (Å²) in [6, 6.07) is 0. The molecule has 2 heteroatoms. The SMILES string of the molecule is C#C[C@H](O)CCCCCCCCC#CC/C=C\CC#CCCCCCCCC[C@@H](O)C#C. The number of terminal acetylenes is 2. The molecule has 0 aliphatic rings. The topological polar surface area (TPSA) is 40.5 Å². The normalized spacial score (nSPS) is 12.1. The van der Waals surface area contributed by atoms with Crippen LogP contribution in [0.25, 0.3) is 0 Å². The van der Waals surface area contributed by atoms with E-state index in [0.717, 1.165) is 64.2 Å². The van der Waals surface area contributed by atoms with Gasteiger partial charge in [0.15, 0.2) is 0 Å². The summed E-state index contributed by atoms with van der Waals surface area (Å²) in [6.07, 6.45) is 32.5. The molecule has 32 heavy (non-hydrogen) atoms. The van der Waals surface area contributed by atoms with Crippen LogP contribution in [0.5, 0.6) is 0 Å². The lowest BCUT2D eigenvalue weighted by atomic mass is 10.1. The number of allylic oxidation sites excluding steroid dienone is 2. The first-order valence-corrected chi connectivity index (χ1v) is 12.6. The van der Waals surface area contributed by atoms with Gasteiger partial charge in [0.1, 0.15) is 12.2 Å². The molecule has 0 heterocycles. The second-order valence-electron chi connectivity index (χ2n) is 8.27. The highest BCUT2D eigenvalue weighted by Crippen LogP contribution is 2.10. The van der Waals surface area contributed by atoms with Gasteiger partial charge in [0.05, 0.1) is 0 Å². The Morgan fingerprint density at radius 1 is 0.500 bits per heavy atom. The third-order valence-corrected chi connectivity index (χ3v) is 5.30. The van der Waals surface area contributed by atoms with Crippen LogP contribution in [-0.4, -0.2) is 22.4 Å². The molecule has 0 aliphatic heterocycles. The molecule has 0 saturated carbocycles. The average molecular weight is 437 g/mol. The summed E-state index contributed by atoms with van der Waals surface area (Å²) >= 11 is 0. The molecule has 176 valence electrons. The number of aliphatic hydroxyl groups is 2. The average Bonchev–Trinajstić information content (AvgIpc) is 2.81. The fraction of sp³-hybridized carbons (Fsp3) is 0.667. The van der Waals surface area contributed by atoms with Gasteiger partial charge in [0.25, 0.3) is 0 Å². The lowest BCUT2D eigenvalue weighted by Gasteiger charge is -2.02. The predicted molar refractivity (Wildman–Crippen MR) is 137 cm³/mol. The van der Waals surface area contributed by atoms with Gasteiger partial charge >= 0.3 is 0 Å². The predicted octanol–water partition coefficient (Wildman–Crippen LogP) is 6.56. The first kappa shape index (κ1) is 29.9. The summed E-state index contributed by atoms with van der Waals surface area (Å²) in [5.74, 6) is 17.6. The minimum absolute atomic E-state index is 0.565. The molecule has 0 fully saturated rings.